The minimum atomic E-state index is -0.302. The van der Waals surface area contributed by atoms with Crippen molar-refractivity contribution >= 4 is 17.1 Å². The summed E-state index contributed by atoms with van der Waals surface area (Å²) in [6, 6.07) is 5.41. The summed E-state index contributed by atoms with van der Waals surface area (Å²) in [6.07, 6.45) is 4.59. The van der Waals surface area contributed by atoms with E-state index < -0.39 is 0 Å². The van der Waals surface area contributed by atoms with Gasteiger partial charge in [0.05, 0.1) is 4.92 Å². The van der Waals surface area contributed by atoms with Gasteiger partial charge in [0.15, 0.2) is 0 Å². The van der Waals surface area contributed by atoms with Crippen LogP contribution in [0.25, 0.3) is 0 Å². The minimum absolute atomic E-state index is 0.156. The van der Waals surface area contributed by atoms with Crippen molar-refractivity contribution in [2.24, 2.45) is 5.41 Å². The lowest BCUT2D eigenvalue weighted by Crippen LogP contribution is -2.33. The zero-order valence-corrected chi connectivity index (χ0v) is 12.2. The van der Waals surface area contributed by atoms with Crippen LogP contribution in [0.3, 0.4) is 0 Å². The van der Waals surface area contributed by atoms with Crippen LogP contribution < -0.4 is 10.6 Å². The highest BCUT2D eigenvalue weighted by Crippen LogP contribution is 2.41. The van der Waals surface area contributed by atoms with E-state index in [9.17, 15) is 10.1 Å². The van der Waals surface area contributed by atoms with E-state index in [1.165, 1.54) is 19.3 Å². The van der Waals surface area contributed by atoms with Crippen molar-refractivity contribution in [2.45, 2.75) is 39.5 Å². The van der Waals surface area contributed by atoms with Gasteiger partial charge in [-0.15, -0.1) is 0 Å². The van der Waals surface area contributed by atoms with Gasteiger partial charge in [-0.3, -0.25) is 10.1 Å². The van der Waals surface area contributed by atoms with E-state index in [2.05, 4.69) is 17.6 Å². The van der Waals surface area contributed by atoms with Crippen LogP contribution in [0.1, 0.15) is 39.5 Å². The largest absolute Gasteiger partial charge is 0.379 e. The first kappa shape index (κ1) is 14.6. The number of anilines is 2. The van der Waals surface area contributed by atoms with E-state index in [0.29, 0.717) is 16.8 Å². The third kappa shape index (κ3) is 3.21. The molecule has 2 N–H and O–H groups in total. The van der Waals surface area contributed by atoms with Crippen molar-refractivity contribution in [2.75, 3.05) is 23.7 Å². The molecule has 110 valence electrons. The summed E-state index contributed by atoms with van der Waals surface area (Å²) in [4.78, 5) is 11.0. The van der Waals surface area contributed by atoms with Crippen LogP contribution in [0, 0.1) is 15.5 Å². The Morgan fingerprint density at radius 1 is 1.30 bits per heavy atom. The Morgan fingerprint density at radius 3 is 2.45 bits per heavy atom. The second-order valence-corrected chi connectivity index (χ2v) is 5.90. The van der Waals surface area contributed by atoms with Gasteiger partial charge in [0.2, 0.25) is 0 Å². The zero-order valence-electron chi connectivity index (χ0n) is 12.2. The molecule has 0 heterocycles. The third-order valence-corrected chi connectivity index (χ3v) is 4.05. The predicted molar refractivity (Wildman–Crippen MR) is 82.3 cm³/mol. The molecule has 0 spiro atoms. The first-order chi connectivity index (χ1) is 9.56. The summed E-state index contributed by atoms with van der Waals surface area (Å²) in [5.41, 5.74) is 1.66. The van der Waals surface area contributed by atoms with Gasteiger partial charge in [-0.25, -0.2) is 0 Å². The summed E-state index contributed by atoms with van der Waals surface area (Å²) in [5.74, 6) is 0. The standard InChI is InChI=1S/C15H23N3O2/c1-3-10-16-12-6-4-7-13(14(12)18(19)20)17-11-15(2)8-5-9-15/h4,6-7,16-17H,3,5,8-11H2,1-2H3. The number of para-hydroxylation sites is 1. The highest BCUT2D eigenvalue weighted by atomic mass is 16.6. The van der Waals surface area contributed by atoms with E-state index in [-0.39, 0.29) is 10.6 Å². The molecule has 0 saturated heterocycles. The van der Waals surface area contributed by atoms with E-state index in [0.717, 1.165) is 19.5 Å². The Hall–Kier alpha value is -1.78. The zero-order chi connectivity index (χ0) is 14.6. The number of rotatable bonds is 7. The number of nitrogens with one attached hydrogen (secondary N) is 2. The molecule has 0 radical (unpaired) electrons. The van der Waals surface area contributed by atoms with Crippen molar-refractivity contribution in [3.05, 3.63) is 28.3 Å². The molecule has 0 bridgehead atoms. The van der Waals surface area contributed by atoms with Crippen LogP contribution in [0.2, 0.25) is 0 Å². The van der Waals surface area contributed by atoms with Crippen molar-refractivity contribution in [3.8, 4) is 0 Å². The quantitative estimate of drug-likeness (QED) is 0.583. The van der Waals surface area contributed by atoms with Crippen molar-refractivity contribution in [3.63, 3.8) is 0 Å². The van der Waals surface area contributed by atoms with Crippen LogP contribution in [-0.2, 0) is 0 Å². The van der Waals surface area contributed by atoms with Gasteiger partial charge in [0.1, 0.15) is 11.4 Å². The van der Waals surface area contributed by atoms with Gasteiger partial charge in [-0.05, 0) is 36.8 Å². The van der Waals surface area contributed by atoms with Crippen molar-refractivity contribution < 1.29 is 4.92 Å². The average molecular weight is 277 g/mol. The molecule has 1 aliphatic rings. The molecule has 5 heteroatoms. The highest BCUT2D eigenvalue weighted by molar-refractivity contribution is 5.76. The Balaban J connectivity index is 2.15. The van der Waals surface area contributed by atoms with E-state index in [1.54, 1.807) is 12.1 Å². The first-order valence-electron chi connectivity index (χ1n) is 7.31. The summed E-state index contributed by atoms with van der Waals surface area (Å²) in [5, 5.41) is 17.7. The number of nitrogens with zero attached hydrogens (tertiary/aromatic N) is 1. The second kappa shape index (κ2) is 6.11. The fraction of sp³-hybridized carbons (Fsp3) is 0.600. The van der Waals surface area contributed by atoms with Crippen LogP contribution in [-0.4, -0.2) is 18.0 Å². The van der Waals surface area contributed by atoms with Gasteiger partial charge in [0, 0.05) is 13.1 Å². The smallest absolute Gasteiger partial charge is 0.315 e. The lowest BCUT2D eigenvalue weighted by atomic mass is 9.70. The molecule has 1 saturated carbocycles. The SMILES string of the molecule is CCCNc1cccc(NCC2(C)CCC2)c1[N+](=O)[O-]. The van der Waals surface area contributed by atoms with Crippen molar-refractivity contribution in [1.82, 2.24) is 0 Å². The Bertz CT molecular complexity index is 484. The van der Waals surface area contributed by atoms with Gasteiger partial charge in [-0.2, -0.15) is 0 Å². The summed E-state index contributed by atoms with van der Waals surface area (Å²) in [6.45, 7) is 5.81. The second-order valence-electron chi connectivity index (χ2n) is 5.90. The van der Waals surface area contributed by atoms with E-state index in [1.807, 2.05) is 13.0 Å². The molecule has 5 nitrogen and oxygen atoms in total. The first-order valence-corrected chi connectivity index (χ1v) is 7.31. The number of hydrogen-bond donors (Lipinski definition) is 2. The summed E-state index contributed by atoms with van der Waals surface area (Å²) in [7, 11) is 0. The van der Waals surface area contributed by atoms with Gasteiger partial charge >= 0.3 is 5.69 Å². The fourth-order valence-corrected chi connectivity index (χ4v) is 2.55. The lowest BCUT2D eigenvalue weighted by molar-refractivity contribution is -0.383. The molecule has 0 aliphatic heterocycles. The fourth-order valence-electron chi connectivity index (χ4n) is 2.55. The third-order valence-electron chi connectivity index (χ3n) is 4.05. The van der Waals surface area contributed by atoms with Crippen LogP contribution in [0.4, 0.5) is 17.1 Å². The number of nitro benzene ring substituents is 1. The number of benzene rings is 1. The molecular formula is C15H23N3O2. The van der Waals surface area contributed by atoms with Gasteiger partial charge in [0.25, 0.3) is 0 Å². The molecule has 0 atom stereocenters. The lowest BCUT2D eigenvalue weighted by Gasteiger charge is -2.38. The predicted octanol–water partition coefficient (Wildman–Crippen LogP) is 4.02. The maximum atomic E-state index is 11.3. The van der Waals surface area contributed by atoms with Crippen LogP contribution >= 0.6 is 0 Å². The Kier molecular flexibility index (Phi) is 4.47. The Labute approximate surface area is 119 Å². The molecule has 20 heavy (non-hydrogen) atoms. The molecular weight excluding hydrogens is 254 g/mol. The molecule has 1 aromatic carbocycles. The van der Waals surface area contributed by atoms with Gasteiger partial charge in [-0.1, -0.05) is 26.3 Å². The molecule has 0 amide bonds. The van der Waals surface area contributed by atoms with Crippen LogP contribution in [0.15, 0.2) is 18.2 Å². The Morgan fingerprint density at radius 2 is 1.95 bits per heavy atom. The van der Waals surface area contributed by atoms with Crippen LogP contribution in [0.5, 0.6) is 0 Å². The highest BCUT2D eigenvalue weighted by Gasteiger charge is 2.32. The molecule has 1 aromatic rings. The average Bonchev–Trinajstić information content (AvgIpc) is 2.40. The molecule has 1 fully saturated rings. The normalized spacial score (nSPS) is 16.3. The van der Waals surface area contributed by atoms with Gasteiger partial charge < -0.3 is 10.6 Å². The summed E-state index contributed by atoms with van der Waals surface area (Å²) >= 11 is 0. The molecule has 0 unspecified atom stereocenters. The maximum Gasteiger partial charge on any atom is 0.315 e. The summed E-state index contributed by atoms with van der Waals surface area (Å²) < 4.78 is 0. The van der Waals surface area contributed by atoms with E-state index in [4.69, 9.17) is 0 Å². The minimum Gasteiger partial charge on any atom is -0.379 e. The molecule has 0 aromatic heterocycles. The molecule has 2 rings (SSSR count). The molecule has 1 aliphatic carbocycles. The van der Waals surface area contributed by atoms with E-state index >= 15 is 0 Å². The topological polar surface area (TPSA) is 67.2 Å². The monoisotopic (exact) mass is 277 g/mol. The van der Waals surface area contributed by atoms with Crippen molar-refractivity contribution in [1.29, 1.82) is 0 Å². The number of nitro groups is 1. The maximum absolute atomic E-state index is 11.3. The number of hydrogen-bond acceptors (Lipinski definition) is 4.